The smallest absolute Gasteiger partial charge is 0.235 e. The highest BCUT2D eigenvalue weighted by Gasteiger charge is 2.51. The Hall–Kier alpha value is -1.69. The fraction of sp³-hybridized carbons (Fsp3) is 0.435. The van der Waals surface area contributed by atoms with Crippen LogP contribution in [0, 0.1) is 0 Å². The van der Waals surface area contributed by atoms with Gasteiger partial charge in [0, 0.05) is 42.9 Å². The number of carbonyl (C=O) groups is 1. The highest BCUT2D eigenvalue weighted by molar-refractivity contribution is 9.10. The lowest BCUT2D eigenvalue weighted by atomic mass is 9.95. The SMILES string of the molecule is CCN1CCN(Cc2ccc(NC(=O)C3(c4cccc(Br)c4)CC3)cc2)CC1. The Kier molecular flexibility index (Phi) is 5.85. The molecule has 0 unspecified atom stereocenters. The first kappa shape index (κ1) is 19.6. The van der Waals surface area contributed by atoms with Crippen molar-refractivity contribution < 1.29 is 4.79 Å². The van der Waals surface area contributed by atoms with Gasteiger partial charge in [0.05, 0.1) is 5.41 Å². The minimum Gasteiger partial charge on any atom is -0.325 e. The van der Waals surface area contributed by atoms with Gasteiger partial charge in [0.25, 0.3) is 0 Å². The van der Waals surface area contributed by atoms with Gasteiger partial charge in [-0.15, -0.1) is 0 Å². The van der Waals surface area contributed by atoms with Crippen LogP contribution < -0.4 is 5.32 Å². The van der Waals surface area contributed by atoms with Crippen LogP contribution in [0.3, 0.4) is 0 Å². The largest absolute Gasteiger partial charge is 0.325 e. The van der Waals surface area contributed by atoms with Crippen molar-refractivity contribution in [1.82, 2.24) is 9.80 Å². The van der Waals surface area contributed by atoms with Gasteiger partial charge in [-0.3, -0.25) is 9.69 Å². The molecule has 2 aromatic carbocycles. The molecule has 1 heterocycles. The Balaban J connectivity index is 1.35. The number of piperazine rings is 1. The molecule has 2 aromatic rings. The number of anilines is 1. The van der Waals surface area contributed by atoms with Crippen LogP contribution in [-0.2, 0) is 16.8 Å². The van der Waals surface area contributed by atoms with Crippen LogP contribution in [0.1, 0.15) is 30.9 Å². The summed E-state index contributed by atoms with van der Waals surface area (Å²) in [7, 11) is 0. The van der Waals surface area contributed by atoms with E-state index in [4.69, 9.17) is 0 Å². The number of rotatable bonds is 6. The fourth-order valence-corrected chi connectivity index (χ4v) is 4.42. The second-order valence-electron chi connectivity index (χ2n) is 7.95. The molecule has 1 N–H and O–H groups in total. The molecule has 28 heavy (non-hydrogen) atoms. The Morgan fingerprint density at radius 1 is 1.04 bits per heavy atom. The lowest BCUT2D eigenvalue weighted by Gasteiger charge is -2.34. The molecule has 0 bridgehead atoms. The van der Waals surface area contributed by atoms with Crippen molar-refractivity contribution in [3.63, 3.8) is 0 Å². The first-order valence-electron chi connectivity index (χ1n) is 10.2. The number of likely N-dealkylation sites (N-methyl/N-ethyl adjacent to an activating group) is 1. The van der Waals surface area contributed by atoms with Gasteiger partial charge in [-0.1, -0.05) is 47.1 Å². The van der Waals surface area contributed by atoms with Crippen molar-refractivity contribution in [3.05, 3.63) is 64.1 Å². The van der Waals surface area contributed by atoms with Gasteiger partial charge < -0.3 is 10.2 Å². The number of halogens is 1. The lowest BCUT2D eigenvalue weighted by Crippen LogP contribution is -2.45. The van der Waals surface area contributed by atoms with Gasteiger partial charge in [-0.25, -0.2) is 0 Å². The van der Waals surface area contributed by atoms with Gasteiger partial charge in [-0.05, 0) is 54.8 Å². The molecular formula is C23H28BrN3O. The second-order valence-corrected chi connectivity index (χ2v) is 8.87. The van der Waals surface area contributed by atoms with Crippen molar-refractivity contribution in [2.24, 2.45) is 0 Å². The molecule has 2 aliphatic rings. The van der Waals surface area contributed by atoms with Crippen LogP contribution in [0.2, 0.25) is 0 Å². The highest BCUT2D eigenvalue weighted by Crippen LogP contribution is 2.49. The average molecular weight is 442 g/mol. The zero-order chi connectivity index (χ0) is 19.6. The van der Waals surface area contributed by atoms with Crippen LogP contribution >= 0.6 is 15.9 Å². The lowest BCUT2D eigenvalue weighted by molar-refractivity contribution is -0.118. The summed E-state index contributed by atoms with van der Waals surface area (Å²) in [5, 5.41) is 3.13. The third-order valence-electron chi connectivity index (χ3n) is 6.09. The van der Waals surface area contributed by atoms with Crippen molar-refractivity contribution in [1.29, 1.82) is 0 Å². The van der Waals surface area contributed by atoms with Crippen molar-refractivity contribution in [3.8, 4) is 0 Å². The summed E-state index contributed by atoms with van der Waals surface area (Å²) >= 11 is 3.52. The van der Waals surface area contributed by atoms with E-state index < -0.39 is 0 Å². The topological polar surface area (TPSA) is 35.6 Å². The Morgan fingerprint density at radius 3 is 2.32 bits per heavy atom. The van der Waals surface area contributed by atoms with E-state index in [0.29, 0.717) is 0 Å². The van der Waals surface area contributed by atoms with Gasteiger partial charge >= 0.3 is 0 Å². The Bertz CT molecular complexity index is 824. The van der Waals surface area contributed by atoms with E-state index >= 15 is 0 Å². The molecule has 1 amide bonds. The van der Waals surface area contributed by atoms with Crippen LogP contribution in [0.25, 0.3) is 0 Å². The molecule has 148 valence electrons. The third-order valence-corrected chi connectivity index (χ3v) is 6.59. The summed E-state index contributed by atoms with van der Waals surface area (Å²) < 4.78 is 1.02. The minimum absolute atomic E-state index is 0.106. The molecule has 1 aliphatic heterocycles. The van der Waals surface area contributed by atoms with Crippen molar-refractivity contribution in [2.45, 2.75) is 31.7 Å². The minimum atomic E-state index is -0.360. The van der Waals surface area contributed by atoms with Gasteiger partial charge in [0.1, 0.15) is 0 Å². The molecule has 0 atom stereocenters. The molecular weight excluding hydrogens is 414 g/mol. The summed E-state index contributed by atoms with van der Waals surface area (Å²) in [6.45, 7) is 8.91. The average Bonchev–Trinajstić information content (AvgIpc) is 3.52. The molecule has 0 spiro atoms. The number of amides is 1. The summed E-state index contributed by atoms with van der Waals surface area (Å²) in [5.74, 6) is 0.106. The normalized spacial score (nSPS) is 19.4. The molecule has 2 fully saturated rings. The Morgan fingerprint density at radius 2 is 1.71 bits per heavy atom. The number of carbonyl (C=O) groups excluding carboxylic acids is 1. The van der Waals surface area contributed by atoms with E-state index in [9.17, 15) is 4.79 Å². The number of benzene rings is 2. The predicted molar refractivity (Wildman–Crippen MR) is 118 cm³/mol. The van der Waals surface area contributed by atoms with Crippen LogP contribution in [0.15, 0.2) is 53.0 Å². The molecule has 4 rings (SSSR count). The number of hydrogen-bond donors (Lipinski definition) is 1. The van der Waals surface area contributed by atoms with E-state index in [-0.39, 0.29) is 11.3 Å². The van der Waals surface area contributed by atoms with E-state index in [0.717, 1.165) is 67.8 Å². The maximum atomic E-state index is 12.9. The van der Waals surface area contributed by atoms with Crippen LogP contribution in [0.5, 0.6) is 0 Å². The van der Waals surface area contributed by atoms with E-state index in [2.05, 4.69) is 62.2 Å². The quantitative estimate of drug-likeness (QED) is 0.727. The van der Waals surface area contributed by atoms with Crippen molar-refractivity contribution in [2.75, 3.05) is 38.0 Å². The molecule has 5 heteroatoms. The molecule has 1 aliphatic carbocycles. The molecule has 0 aromatic heterocycles. The van der Waals surface area contributed by atoms with Gasteiger partial charge in [0.2, 0.25) is 5.91 Å². The highest BCUT2D eigenvalue weighted by atomic mass is 79.9. The standard InChI is InChI=1S/C23H28BrN3O/c1-2-26-12-14-27(15-13-26)17-18-6-8-21(9-7-18)25-22(28)23(10-11-23)19-4-3-5-20(24)16-19/h3-9,16H,2,10-15,17H2,1H3,(H,25,28). The van der Waals surface area contributed by atoms with E-state index in [1.54, 1.807) is 0 Å². The fourth-order valence-electron chi connectivity index (χ4n) is 4.02. The summed E-state index contributed by atoms with van der Waals surface area (Å²) in [6.07, 6.45) is 1.83. The zero-order valence-corrected chi connectivity index (χ0v) is 18.0. The first-order chi connectivity index (χ1) is 13.6. The second kappa shape index (κ2) is 8.36. The van der Waals surface area contributed by atoms with Gasteiger partial charge in [0.15, 0.2) is 0 Å². The molecule has 0 radical (unpaired) electrons. The van der Waals surface area contributed by atoms with E-state index in [1.165, 1.54) is 5.56 Å². The summed E-state index contributed by atoms with van der Waals surface area (Å²) in [6, 6.07) is 16.5. The maximum Gasteiger partial charge on any atom is 0.235 e. The molecule has 1 saturated heterocycles. The number of nitrogens with one attached hydrogen (secondary N) is 1. The number of hydrogen-bond acceptors (Lipinski definition) is 3. The Labute approximate surface area is 176 Å². The third kappa shape index (κ3) is 4.32. The summed E-state index contributed by atoms with van der Waals surface area (Å²) in [5.41, 5.74) is 2.92. The zero-order valence-electron chi connectivity index (χ0n) is 16.5. The number of nitrogens with zero attached hydrogens (tertiary/aromatic N) is 2. The molecule has 4 nitrogen and oxygen atoms in total. The maximum absolute atomic E-state index is 12.9. The monoisotopic (exact) mass is 441 g/mol. The van der Waals surface area contributed by atoms with Crippen LogP contribution in [-0.4, -0.2) is 48.4 Å². The van der Waals surface area contributed by atoms with E-state index in [1.807, 2.05) is 24.3 Å². The summed E-state index contributed by atoms with van der Waals surface area (Å²) in [4.78, 5) is 17.9. The predicted octanol–water partition coefficient (Wildman–Crippen LogP) is 4.26. The van der Waals surface area contributed by atoms with Crippen LogP contribution in [0.4, 0.5) is 5.69 Å². The first-order valence-corrected chi connectivity index (χ1v) is 11.0. The van der Waals surface area contributed by atoms with Gasteiger partial charge in [-0.2, -0.15) is 0 Å². The molecule has 1 saturated carbocycles. The van der Waals surface area contributed by atoms with Crippen molar-refractivity contribution >= 4 is 27.5 Å².